The molecule has 120 valence electrons. The number of hydrogen-bond donors (Lipinski definition) is 1. The number of ether oxygens (including phenoxy) is 1. The van der Waals surface area contributed by atoms with E-state index in [9.17, 15) is 10.1 Å². The Kier molecular flexibility index (Phi) is 4.35. The monoisotopic (exact) mass is 318 g/mol. The van der Waals surface area contributed by atoms with Crippen molar-refractivity contribution in [1.82, 2.24) is 0 Å². The van der Waals surface area contributed by atoms with Crippen molar-refractivity contribution in [2.45, 2.75) is 26.4 Å². The molecule has 4 nitrogen and oxygen atoms in total. The van der Waals surface area contributed by atoms with Crippen LogP contribution in [0.1, 0.15) is 23.6 Å². The molecule has 1 amide bonds. The maximum absolute atomic E-state index is 12.4. The molecule has 1 aliphatic rings. The molecule has 0 spiro atoms. The first-order valence-corrected chi connectivity index (χ1v) is 7.85. The minimum absolute atomic E-state index is 0.0742. The van der Waals surface area contributed by atoms with Crippen LogP contribution in [0.2, 0.25) is 0 Å². The van der Waals surface area contributed by atoms with Crippen molar-refractivity contribution in [3.05, 3.63) is 64.7 Å². The van der Waals surface area contributed by atoms with Gasteiger partial charge < -0.3 is 10.1 Å². The average molecular weight is 318 g/mol. The fraction of sp³-hybridized carbons (Fsp3) is 0.200. The van der Waals surface area contributed by atoms with Gasteiger partial charge in [0.15, 0.2) is 0 Å². The number of hydrogen-bond acceptors (Lipinski definition) is 3. The van der Waals surface area contributed by atoms with Crippen molar-refractivity contribution in [3.63, 3.8) is 0 Å². The number of fused-ring (bicyclic) bond motifs is 1. The zero-order valence-electron chi connectivity index (χ0n) is 13.7. The number of rotatable bonds is 3. The molecule has 0 radical (unpaired) electrons. The van der Waals surface area contributed by atoms with Gasteiger partial charge >= 0.3 is 0 Å². The quantitative estimate of drug-likeness (QED) is 0.690. The van der Waals surface area contributed by atoms with Crippen LogP contribution in [-0.4, -0.2) is 12.0 Å². The molecular weight excluding hydrogens is 300 g/mol. The molecule has 0 saturated heterocycles. The number of para-hydroxylation sites is 1. The predicted octanol–water partition coefficient (Wildman–Crippen LogP) is 3.86. The molecule has 24 heavy (non-hydrogen) atoms. The summed E-state index contributed by atoms with van der Waals surface area (Å²) in [5, 5.41) is 12.1. The molecular formula is C20H18N2O2. The first-order valence-electron chi connectivity index (χ1n) is 7.85. The van der Waals surface area contributed by atoms with E-state index in [1.807, 2.05) is 62.4 Å². The smallest absolute Gasteiger partial charge is 0.266 e. The number of benzene rings is 2. The van der Waals surface area contributed by atoms with Gasteiger partial charge in [-0.1, -0.05) is 24.3 Å². The summed E-state index contributed by atoms with van der Waals surface area (Å²) in [6.45, 7) is 3.93. The molecule has 1 N–H and O–H groups in total. The van der Waals surface area contributed by atoms with E-state index in [2.05, 4.69) is 5.32 Å². The normalized spacial score (nSPS) is 16.0. The number of carbonyl (C=O) groups excluding carboxylic acids is 1. The second-order valence-electron chi connectivity index (χ2n) is 5.94. The van der Waals surface area contributed by atoms with Gasteiger partial charge in [-0.25, -0.2) is 0 Å². The van der Waals surface area contributed by atoms with Crippen LogP contribution in [0.3, 0.4) is 0 Å². The number of aryl methyl sites for hydroxylation is 1. The lowest BCUT2D eigenvalue weighted by molar-refractivity contribution is -0.112. The highest BCUT2D eigenvalue weighted by Gasteiger charge is 2.19. The average Bonchev–Trinajstić information content (AvgIpc) is 2.94. The Morgan fingerprint density at radius 2 is 2.12 bits per heavy atom. The molecule has 0 bridgehead atoms. The first-order chi connectivity index (χ1) is 11.6. The van der Waals surface area contributed by atoms with Gasteiger partial charge in [-0.2, -0.15) is 5.26 Å². The fourth-order valence-corrected chi connectivity index (χ4v) is 2.75. The van der Waals surface area contributed by atoms with E-state index >= 15 is 0 Å². The number of nitrogens with one attached hydrogen (secondary N) is 1. The number of nitriles is 1. The summed E-state index contributed by atoms with van der Waals surface area (Å²) in [6.07, 6.45) is 2.62. The van der Waals surface area contributed by atoms with Crippen LogP contribution in [0.15, 0.2) is 48.0 Å². The molecule has 4 heteroatoms. The standard InChI is InChI=1S/C20H18N2O2/c1-13-5-3-4-6-18(13)22-20(23)17(12-21)11-15-7-8-19-16(10-15)9-14(2)24-19/h3-8,10-11,14H,9H2,1-2H3,(H,22,23)/b17-11-/t14-/m1/s1. The van der Waals surface area contributed by atoms with Crippen LogP contribution < -0.4 is 10.1 Å². The SMILES string of the molecule is Cc1ccccc1NC(=O)/C(C#N)=C\c1ccc2c(c1)C[C@@H](C)O2. The highest BCUT2D eigenvalue weighted by atomic mass is 16.5. The van der Waals surface area contributed by atoms with Gasteiger partial charge in [0, 0.05) is 12.1 Å². The lowest BCUT2D eigenvalue weighted by Crippen LogP contribution is -2.14. The summed E-state index contributed by atoms with van der Waals surface area (Å²) in [5.74, 6) is 0.472. The van der Waals surface area contributed by atoms with E-state index in [4.69, 9.17) is 4.74 Å². The Labute approximate surface area is 141 Å². The van der Waals surface area contributed by atoms with E-state index in [1.165, 1.54) is 0 Å². The summed E-state index contributed by atoms with van der Waals surface area (Å²) in [7, 11) is 0. The maximum Gasteiger partial charge on any atom is 0.266 e. The molecule has 2 aromatic carbocycles. The zero-order chi connectivity index (χ0) is 17.1. The van der Waals surface area contributed by atoms with Crippen molar-refractivity contribution in [2.24, 2.45) is 0 Å². The molecule has 0 aromatic heterocycles. The van der Waals surface area contributed by atoms with Crippen molar-refractivity contribution in [1.29, 1.82) is 5.26 Å². The van der Waals surface area contributed by atoms with Gasteiger partial charge in [0.2, 0.25) is 0 Å². The summed E-state index contributed by atoms with van der Waals surface area (Å²) < 4.78 is 5.67. The maximum atomic E-state index is 12.4. The lowest BCUT2D eigenvalue weighted by Gasteiger charge is -2.07. The van der Waals surface area contributed by atoms with Crippen LogP contribution in [0.4, 0.5) is 5.69 Å². The molecule has 0 fully saturated rings. The van der Waals surface area contributed by atoms with E-state index in [0.717, 1.165) is 28.9 Å². The third kappa shape index (κ3) is 3.31. The number of anilines is 1. The van der Waals surface area contributed by atoms with E-state index in [-0.39, 0.29) is 11.7 Å². The molecule has 0 saturated carbocycles. The molecule has 2 aromatic rings. The zero-order valence-corrected chi connectivity index (χ0v) is 13.7. The lowest BCUT2D eigenvalue weighted by atomic mass is 10.0. The van der Waals surface area contributed by atoms with Crippen molar-refractivity contribution in [3.8, 4) is 11.8 Å². The summed E-state index contributed by atoms with van der Waals surface area (Å²) in [4.78, 5) is 12.4. The second-order valence-corrected chi connectivity index (χ2v) is 5.94. The topological polar surface area (TPSA) is 62.1 Å². The Morgan fingerprint density at radius 1 is 1.33 bits per heavy atom. The highest BCUT2D eigenvalue weighted by Crippen LogP contribution is 2.30. The molecule has 3 rings (SSSR count). The third-order valence-electron chi connectivity index (χ3n) is 3.99. The molecule has 0 aliphatic carbocycles. The molecule has 0 unspecified atom stereocenters. The summed E-state index contributed by atoms with van der Waals surface area (Å²) in [5.41, 5.74) is 3.66. The Bertz CT molecular complexity index is 862. The van der Waals surface area contributed by atoms with E-state index in [0.29, 0.717) is 5.69 Å². The Morgan fingerprint density at radius 3 is 2.88 bits per heavy atom. The second kappa shape index (κ2) is 6.59. The van der Waals surface area contributed by atoms with Crippen molar-refractivity contribution >= 4 is 17.7 Å². The van der Waals surface area contributed by atoms with E-state index in [1.54, 1.807) is 6.08 Å². The third-order valence-corrected chi connectivity index (χ3v) is 3.99. The van der Waals surface area contributed by atoms with Gasteiger partial charge in [0.25, 0.3) is 5.91 Å². The fourth-order valence-electron chi connectivity index (χ4n) is 2.75. The largest absolute Gasteiger partial charge is 0.490 e. The van der Waals surface area contributed by atoms with Gasteiger partial charge in [-0.3, -0.25) is 4.79 Å². The van der Waals surface area contributed by atoms with Crippen LogP contribution in [0, 0.1) is 18.3 Å². The number of nitrogens with zero attached hydrogens (tertiary/aromatic N) is 1. The molecule has 1 heterocycles. The van der Waals surface area contributed by atoms with Gasteiger partial charge in [-0.15, -0.1) is 0 Å². The van der Waals surface area contributed by atoms with Crippen LogP contribution in [-0.2, 0) is 11.2 Å². The summed E-state index contributed by atoms with van der Waals surface area (Å²) >= 11 is 0. The van der Waals surface area contributed by atoms with Crippen LogP contribution in [0.25, 0.3) is 6.08 Å². The number of amides is 1. The van der Waals surface area contributed by atoms with E-state index < -0.39 is 5.91 Å². The number of carbonyl (C=O) groups is 1. The van der Waals surface area contributed by atoms with Crippen molar-refractivity contribution < 1.29 is 9.53 Å². The Hall–Kier alpha value is -3.06. The molecule has 1 atom stereocenters. The molecule has 1 aliphatic heterocycles. The first kappa shape index (κ1) is 15.8. The van der Waals surface area contributed by atoms with Gasteiger partial charge in [0.1, 0.15) is 23.5 Å². The summed E-state index contributed by atoms with van der Waals surface area (Å²) in [6, 6.07) is 15.2. The van der Waals surface area contributed by atoms with Gasteiger partial charge in [-0.05, 0) is 54.8 Å². The van der Waals surface area contributed by atoms with Crippen LogP contribution >= 0.6 is 0 Å². The highest BCUT2D eigenvalue weighted by molar-refractivity contribution is 6.09. The predicted molar refractivity (Wildman–Crippen MR) is 93.6 cm³/mol. The Balaban J connectivity index is 1.83. The minimum atomic E-state index is -0.406. The minimum Gasteiger partial charge on any atom is -0.490 e. The van der Waals surface area contributed by atoms with Gasteiger partial charge in [0.05, 0.1) is 0 Å². The van der Waals surface area contributed by atoms with Crippen LogP contribution in [0.5, 0.6) is 5.75 Å². The van der Waals surface area contributed by atoms with Crippen molar-refractivity contribution in [2.75, 3.05) is 5.32 Å².